The van der Waals surface area contributed by atoms with Crippen LogP contribution in [-0.2, 0) is 9.53 Å². The van der Waals surface area contributed by atoms with Crippen LogP contribution >= 0.6 is 0 Å². The Balaban J connectivity index is 2.00. The first kappa shape index (κ1) is 14.3. The number of benzene rings is 1. The Hall–Kier alpha value is -2.10. The number of allylic oxidation sites excluding steroid dienone is 2. The average molecular weight is 273 g/mol. The van der Waals surface area contributed by atoms with Crippen LogP contribution in [0.25, 0.3) is 0 Å². The highest BCUT2D eigenvalue weighted by atomic mass is 16.5. The summed E-state index contributed by atoms with van der Waals surface area (Å²) in [5.74, 6) is -0.0119. The molecule has 0 saturated carbocycles. The molecule has 0 radical (unpaired) electrons. The molecule has 1 aromatic carbocycles. The zero-order valence-electron chi connectivity index (χ0n) is 11.8. The number of amides is 1. The fourth-order valence-electron chi connectivity index (χ4n) is 2.35. The number of ether oxygens (including phenoxy) is 1. The molecule has 20 heavy (non-hydrogen) atoms. The maximum absolute atomic E-state index is 12.0. The van der Waals surface area contributed by atoms with E-state index in [9.17, 15) is 9.59 Å². The topological polar surface area (TPSA) is 55.4 Å². The van der Waals surface area contributed by atoms with E-state index in [0.717, 1.165) is 24.1 Å². The van der Waals surface area contributed by atoms with Crippen molar-refractivity contribution in [2.24, 2.45) is 5.92 Å². The van der Waals surface area contributed by atoms with Crippen molar-refractivity contribution >= 4 is 17.6 Å². The lowest BCUT2D eigenvalue weighted by atomic mass is 10.0. The smallest absolute Gasteiger partial charge is 0.337 e. The Kier molecular flexibility index (Phi) is 4.56. The zero-order chi connectivity index (χ0) is 14.5. The minimum Gasteiger partial charge on any atom is -0.465 e. The quantitative estimate of drug-likeness (QED) is 0.677. The molecule has 0 heterocycles. The summed E-state index contributed by atoms with van der Waals surface area (Å²) in [6.45, 7) is 1.86. The summed E-state index contributed by atoms with van der Waals surface area (Å²) in [6.07, 6.45) is 6.84. The van der Waals surface area contributed by atoms with E-state index in [1.54, 1.807) is 18.2 Å². The predicted octanol–water partition coefficient (Wildman–Crippen LogP) is 3.08. The number of esters is 1. The summed E-state index contributed by atoms with van der Waals surface area (Å²) in [6, 6.07) is 5.12. The van der Waals surface area contributed by atoms with Gasteiger partial charge in [-0.1, -0.05) is 12.2 Å². The molecule has 1 aliphatic rings. The van der Waals surface area contributed by atoms with E-state index in [-0.39, 0.29) is 11.9 Å². The summed E-state index contributed by atoms with van der Waals surface area (Å²) < 4.78 is 4.67. The van der Waals surface area contributed by atoms with Crippen LogP contribution in [0.3, 0.4) is 0 Å². The van der Waals surface area contributed by atoms with Crippen molar-refractivity contribution < 1.29 is 14.3 Å². The molecule has 0 aliphatic heterocycles. The first-order chi connectivity index (χ1) is 9.60. The molecular weight excluding hydrogens is 254 g/mol. The van der Waals surface area contributed by atoms with Gasteiger partial charge in [0.25, 0.3) is 0 Å². The van der Waals surface area contributed by atoms with E-state index in [1.807, 2.05) is 6.92 Å². The molecule has 0 spiro atoms. The summed E-state index contributed by atoms with van der Waals surface area (Å²) in [4.78, 5) is 23.4. The first-order valence-corrected chi connectivity index (χ1v) is 6.75. The van der Waals surface area contributed by atoms with Crippen molar-refractivity contribution in [3.63, 3.8) is 0 Å². The number of aryl methyl sites for hydroxylation is 1. The lowest BCUT2D eigenvalue weighted by Crippen LogP contribution is -2.15. The van der Waals surface area contributed by atoms with Crippen molar-refractivity contribution in [2.45, 2.75) is 26.2 Å². The van der Waals surface area contributed by atoms with Gasteiger partial charge in [0.15, 0.2) is 0 Å². The Morgan fingerprint density at radius 3 is 2.80 bits per heavy atom. The van der Waals surface area contributed by atoms with Crippen LogP contribution in [-0.4, -0.2) is 19.0 Å². The fraction of sp³-hybridized carbons (Fsp3) is 0.375. The van der Waals surface area contributed by atoms with E-state index in [2.05, 4.69) is 22.2 Å². The molecule has 0 unspecified atom stereocenters. The monoisotopic (exact) mass is 273 g/mol. The van der Waals surface area contributed by atoms with Gasteiger partial charge in [-0.2, -0.15) is 0 Å². The van der Waals surface area contributed by atoms with E-state index >= 15 is 0 Å². The lowest BCUT2D eigenvalue weighted by Gasteiger charge is -2.11. The molecule has 4 nitrogen and oxygen atoms in total. The van der Waals surface area contributed by atoms with Crippen LogP contribution in [0.15, 0.2) is 30.4 Å². The van der Waals surface area contributed by atoms with Crippen LogP contribution in [0, 0.1) is 12.8 Å². The van der Waals surface area contributed by atoms with Gasteiger partial charge in [-0.05, 0) is 49.4 Å². The minimum atomic E-state index is -0.373. The van der Waals surface area contributed by atoms with Crippen molar-refractivity contribution in [3.05, 3.63) is 41.5 Å². The van der Waals surface area contributed by atoms with E-state index in [0.29, 0.717) is 17.9 Å². The van der Waals surface area contributed by atoms with Crippen molar-refractivity contribution in [1.29, 1.82) is 0 Å². The van der Waals surface area contributed by atoms with Gasteiger partial charge in [-0.15, -0.1) is 0 Å². The maximum Gasteiger partial charge on any atom is 0.337 e. The molecule has 1 N–H and O–H groups in total. The summed E-state index contributed by atoms with van der Waals surface area (Å²) in [5, 5.41) is 2.90. The molecule has 0 fully saturated rings. The van der Waals surface area contributed by atoms with Gasteiger partial charge in [-0.3, -0.25) is 4.79 Å². The number of anilines is 1. The third-order valence-electron chi connectivity index (χ3n) is 3.48. The lowest BCUT2D eigenvalue weighted by molar-refractivity contribution is -0.116. The van der Waals surface area contributed by atoms with Gasteiger partial charge in [0.1, 0.15) is 0 Å². The summed E-state index contributed by atoms with van der Waals surface area (Å²) in [7, 11) is 1.35. The van der Waals surface area contributed by atoms with Crippen LogP contribution in [0.4, 0.5) is 5.69 Å². The molecule has 106 valence electrons. The molecule has 1 aromatic rings. The second-order valence-corrected chi connectivity index (χ2v) is 5.04. The second-order valence-electron chi connectivity index (χ2n) is 5.04. The summed E-state index contributed by atoms with van der Waals surface area (Å²) >= 11 is 0. The number of hydrogen-bond acceptors (Lipinski definition) is 3. The number of rotatable bonds is 4. The maximum atomic E-state index is 12.0. The number of hydrogen-bond donors (Lipinski definition) is 1. The fourth-order valence-corrected chi connectivity index (χ4v) is 2.35. The van der Waals surface area contributed by atoms with Gasteiger partial charge in [0.05, 0.1) is 12.7 Å². The number of nitrogens with one attached hydrogen (secondary N) is 1. The average Bonchev–Trinajstić information content (AvgIpc) is 2.93. The summed E-state index contributed by atoms with van der Waals surface area (Å²) in [5.41, 5.74) is 2.08. The standard InChI is InChI=1S/C16H19NO3/c1-11-9-13(16(19)20-2)7-8-14(11)17-15(18)10-12-5-3-4-6-12/h3,5,7-9,12H,4,6,10H2,1-2H3,(H,17,18)/t12-/m1/s1. The van der Waals surface area contributed by atoms with Crippen LogP contribution in [0.2, 0.25) is 0 Å². The van der Waals surface area contributed by atoms with Gasteiger partial charge in [0, 0.05) is 12.1 Å². The molecule has 1 atom stereocenters. The minimum absolute atomic E-state index is 0.00969. The van der Waals surface area contributed by atoms with E-state index in [4.69, 9.17) is 0 Å². The highest BCUT2D eigenvalue weighted by molar-refractivity contribution is 5.94. The SMILES string of the molecule is COC(=O)c1ccc(NC(=O)C[C@@H]2C=CCC2)c(C)c1. The van der Waals surface area contributed by atoms with E-state index in [1.165, 1.54) is 7.11 Å². The third-order valence-corrected chi connectivity index (χ3v) is 3.48. The van der Waals surface area contributed by atoms with Crippen LogP contribution in [0.1, 0.15) is 35.2 Å². The third kappa shape index (κ3) is 3.47. The van der Waals surface area contributed by atoms with Gasteiger partial charge < -0.3 is 10.1 Å². The molecule has 4 heteroatoms. The largest absolute Gasteiger partial charge is 0.465 e. The van der Waals surface area contributed by atoms with Crippen molar-refractivity contribution in [1.82, 2.24) is 0 Å². The predicted molar refractivity (Wildman–Crippen MR) is 77.6 cm³/mol. The molecule has 0 bridgehead atoms. The highest BCUT2D eigenvalue weighted by Gasteiger charge is 2.15. The molecular formula is C16H19NO3. The van der Waals surface area contributed by atoms with Crippen LogP contribution in [0.5, 0.6) is 0 Å². The Morgan fingerprint density at radius 1 is 1.40 bits per heavy atom. The van der Waals surface area contributed by atoms with Gasteiger partial charge in [-0.25, -0.2) is 4.79 Å². The normalized spacial score (nSPS) is 17.0. The second kappa shape index (κ2) is 6.37. The highest BCUT2D eigenvalue weighted by Crippen LogP contribution is 2.22. The molecule has 1 amide bonds. The molecule has 1 aliphatic carbocycles. The Labute approximate surface area is 118 Å². The number of methoxy groups -OCH3 is 1. The first-order valence-electron chi connectivity index (χ1n) is 6.75. The number of carbonyl (C=O) groups is 2. The van der Waals surface area contributed by atoms with E-state index < -0.39 is 0 Å². The zero-order valence-corrected chi connectivity index (χ0v) is 11.8. The van der Waals surface area contributed by atoms with Crippen molar-refractivity contribution in [3.8, 4) is 0 Å². The van der Waals surface area contributed by atoms with Gasteiger partial charge >= 0.3 is 5.97 Å². The van der Waals surface area contributed by atoms with Crippen LogP contribution < -0.4 is 5.32 Å². The Morgan fingerprint density at radius 2 is 2.20 bits per heavy atom. The Bertz CT molecular complexity index is 549. The molecule has 2 rings (SSSR count). The molecule has 0 saturated heterocycles. The van der Waals surface area contributed by atoms with Crippen molar-refractivity contribution in [2.75, 3.05) is 12.4 Å². The van der Waals surface area contributed by atoms with Gasteiger partial charge in [0.2, 0.25) is 5.91 Å². The number of carbonyl (C=O) groups excluding carboxylic acids is 2. The molecule has 0 aromatic heterocycles.